The van der Waals surface area contributed by atoms with Gasteiger partial charge in [-0.25, -0.2) is 9.78 Å². The van der Waals surface area contributed by atoms with E-state index in [0.29, 0.717) is 60.5 Å². The molecule has 6 N–H and O–H groups in total. The van der Waals surface area contributed by atoms with Crippen molar-refractivity contribution >= 4 is 58.0 Å². The molecule has 1 saturated heterocycles. The lowest BCUT2D eigenvalue weighted by atomic mass is 10.0. The molecule has 4 heterocycles. The maximum atomic E-state index is 12.7. The summed E-state index contributed by atoms with van der Waals surface area (Å²) in [7, 11) is 0. The van der Waals surface area contributed by atoms with Crippen molar-refractivity contribution in [1.29, 1.82) is 5.26 Å². The number of amides is 1. The van der Waals surface area contributed by atoms with Crippen molar-refractivity contribution in [3.05, 3.63) is 106 Å². The number of hydrogen-bond acceptors (Lipinski definition) is 13. The number of carboxylic acids is 1. The highest BCUT2D eigenvalue weighted by molar-refractivity contribution is 6.31. The second kappa shape index (κ2) is 15.7. The third-order valence-corrected chi connectivity index (χ3v) is 8.78. The summed E-state index contributed by atoms with van der Waals surface area (Å²) in [4.78, 5) is 50.4. The molecule has 1 aliphatic rings. The van der Waals surface area contributed by atoms with Crippen molar-refractivity contribution in [2.45, 2.75) is 25.6 Å². The Bertz CT molecular complexity index is 2260. The quantitative estimate of drug-likeness (QED) is 0.0992. The van der Waals surface area contributed by atoms with E-state index in [-0.39, 0.29) is 36.7 Å². The molecule has 0 radical (unpaired) electrons. The molecule has 1 atom stereocenters. The number of fused-ring (bicyclic) bond motifs is 1. The molecule has 0 aliphatic carbocycles. The van der Waals surface area contributed by atoms with E-state index >= 15 is 0 Å². The Morgan fingerprint density at radius 2 is 1.74 bits per heavy atom. The largest absolute Gasteiger partial charge is 0.480 e. The first-order valence-electron chi connectivity index (χ1n) is 16.6. The van der Waals surface area contributed by atoms with Crippen LogP contribution in [0.2, 0.25) is 5.02 Å². The zero-order valence-corrected chi connectivity index (χ0v) is 28.9. The van der Waals surface area contributed by atoms with Gasteiger partial charge in [0, 0.05) is 49.9 Å². The molecule has 0 unspecified atom stereocenters. The highest BCUT2D eigenvalue weighted by atomic mass is 35.5. The average Bonchev–Trinajstić information content (AvgIpc) is 3.85. The topological polar surface area (TPSA) is 230 Å². The van der Waals surface area contributed by atoms with Crippen LogP contribution < -0.4 is 16.0 Å². The van der Waals surface area contributed by atoms with Gasteiger partial charge in [0.2, 0.25) is 17.8 Å². The van der Waals surface area contributed by atoms with Crippen LogP contribution in [0.3, 0.4) is 0 Å². The molecule has 1 aliphatic heterocycles. The first-order valence-corrected chi connectivity index (χ1v) is 17.0. The molecule has 6 aromatic rings. The minimum atomic E-state index is -1.10. The first-order chi connectivity index (χ1) is 25.8. The van der Waals surface area contributed by atoms with Crippen LogP contribution in [-0.2, 0) is 24.3 Å². The van der Waals surface area contributed by atoms with Crippen LogP contribution in [0.4, 0.5) is 23.5 Å². The number of nitrogens with zero attached hydrogens (tertiary/aromatic N) is 9. The summed E-state index contributed by atoms with van der Waals surface area (Å²) in [6, 6.07) is 20.9. The number of aromatic nitrogens is 8. The number of imidazole rings is 1. The molecule has 7 rings (SSSR count). The number of H-pyrrole nitrogens is 2. The molecule has 0 bridgehead atoms. The molecule has 17 nitrogen and oxygen atoms in total. The molecule has 3 aromatic heterocycles. The van der Waals surface area contributed by atoms with E-state index in [2.05, 4.69) is 67.3 Å². The minimum Gasteiger partial charge on any atom is -0.480 e. The van der Waals surface area contributed by atoms with Crippen molar-refractivity contribution < 1.29 is 14.7 Å². The summed E-state index contributed by atoms with van der Waals surface area (Å²) in [5.41, 5.74) is 4.79. The third kappa shape index (κ3) is 8.81. The highest BCUT2D eigenvalue weighted by Gasteiger charge is 2.24. The number of hydrogen-bond donors (Lipinski definition) is 6. The average molecular weight is 733 g/mol. The number of rotatable bonds is 13. The van der Waals surface area contributed by atoms with Gasteiger partial charge in [-0.2, -0.15) is 35.6 Å². The predicted octanol–water partition coefficient (Wildman–Crippen LogP) is 3.81. The summed E-state index contributed by atoms with van der Waals surface area (Å²) in [5.74, 6) is -0.225. The van der Waals surface area contributed by atoms with Crippen LogP contribution in [0.25, 0.3) is 11.0 Å². The van der Waals surface area contributed by atoms with E-state index < -0.39 is 12.0 Å². The molecule has 1 amide bonds. The number of benzene rings is 3. The fraction of sp³-hybridized carbons (Fsp3) is 0.229. The summed E-state index contributed by atoms with van der Waals surface area (Å²) < 4.78 is 0. The number of aliphatic carboxylic acids is 1. The Balaban J connectivity index is 1.07. The van der Waals surface area contributed by atoms with Crippen molar-refractivity contribution in [3.8, 4) is 6.07 Å². The highest BCUT2D eigenvalue weighted by Crippen LogP contribution is 2.21. The molecule has 53 heavy (non-hydrogen) atoms. The van der Waals surface area contributed by atoms with Gasteiger partial charge in [-0.05, 0) is 53.6 Å². The van der Waals surface area contributed by atoms with Gasteiger partial charge in [-0.1, -0.05) is 35.9 Å². The second-order valence-corrected chi connectivity index (χ2v) is 12.7. The van der Waals surface area contributed by atoms with Crippen LogP contribution in [-0.4, -0.2) is 99.3 Å². The normalized spacial score (nSPS) is 13.7. The zero-order chi connectivity index (χ0) is 36.7. The van der Waals surface area contributed by atoms with Gasteiger partial charge in [0.1, 0.15) is 11.9 Å². The summed E-state index contributed by atoms with van der Waals surface area (Å²) in [6.07, 6.45) is 1.54. The Hall–Kier alpha value is -6.64. The molecule has 18 heteroatoms. The lowest BCUT2D eigenvalue weighted by Crippen LogP contribution is -2.48. The number of carboxylic acid groups (broad SMARTS) is 1. The number of halogens is 1. The maximum absolute atomic E-state index is 12.7. The predicted molar refractivity (Wildman–Crippen MR) is 195 cm³/mol. The van der Waals surface area contributed by atoms with E-state index in [1.807, 2.05) is 30.3 Å². The lowest BCUT2D eigenvalue weighted by molar-refractivity contribution is -0.137. The Morgan fingerprint density at radius 3 is 2.49 bits per heavy atom. The van der Waals surface area contributed by atoms with Crippen LogP contribution in [0, 0.1) is 11.3 Å². The molecule has 1 fully saturated rings. The van der Waals surface area contributed by atoms with Crippen molar-refractivity contribution in [3.63, 3.8) is 0 Å². The van der Waals surface area contributed by atoms with Crippen molar-refractivity contribution in [2.24, 2.45) is 0 Å². The number of aromatic amines is 2. The van der Waals surface area contributed by atoms with Gasteiger partial charge in [-0.15, -0.1) is 0 Å². The standard InChI is InChI=1S/C35H33ClN14O3/c36-24-8-9-26-27(16-24)42-30(41-26)19-38-33-44-34(46-35(45-33)43-28(32(52)53)15-21-4-6-22(17-37)7-5-21)40-25-3-1-2-23(14-25)20-49-10-12-50(13-11-49)31(51)29-18-39-48-47-29/h1-9,14,16,18,28H,10-13,15,19-20H2,(H,41,42)(H,52,53)(H,39,47,48)(H3,38,40,43,44,45,46)/t28-/m0/s1. The smallest absolute Gasteiger partial charge is 0.326 e. The van der Waals surface area contributed by atoms with Gasteiger partial charge in [0.25, 0.3) is 5.91 Å². The van der Waals surface area contributed by atoms with Gasteiger partial charge >= 0.3 is 5.97 Å². The summed E-state index contributed by atoms with van der Waals surface area (Å²) in [6.45, 7) is 3.44. The number of carbonyl (C=O) groups excluding carboxylic acids is 1. The van der Waals surface area contributed by atoms with Gasteiger partial charge < -0.3 is 30.9 Å². The lowest BCUT2D eigenvalue weighted by Gasteiger charge is -2.34. The maximum Gasteiger partial charge on any atom is 0.326 e. The number of piperazine rings is 1. The monoisotopic (exact) mass is 732 g/mol. The Morgan fingerprint density at radius 1 is 0.943 bits per heavy atom. The number of nitrogens with one attached hydrogen (secondary N) is 5. The molecule has 268 valence electrons. The van der Waals surface area contributed by atoms with E-state index in [9.17, 15) is 14.7 Å². The minimum absolute atomic E-state index is 0.0385. The van der Waals surface area contributed by atoms with E-state index in [1.54, 1.807) is 41.3 Å². The number of carbonyl (C=O) groups is 2. The van der Waals surface area contributed by atoms with Crippen LogP contribution in [0.5, 0.6) is 0 Å². The Kier molecular flexibility index (Phi) is 10.3. The summed E-state index contributed by atoms with van der Waals surface area (Å²) in [5, 5.41) is 39.3. The van der Waals surface area contributed by atoms with E-state index in [4.69, 9.17) is 16.9 Å². The van der Waals surface area contributed by atoms with Gasteiger partial charge in [0.05, 0.1) is 35.4 Å². The van der Waals surface area contributed by atoms with Gasteiger partial charge in [0.15, 0.2) is 5.69 Å². The SMILES string of the molecule is N#Cc1ccc(C[C@H](Nc2nc(NCc3nc4ccc(Cl)cc4[nH]3)nc(Nc3cccc(CN4CCN(C(=O)c5cn[nH]n5)CC4)c3)n2)C(=O)O)cc1. The van der Waals surface area contributed by atoms with Crippen LogP contribution in [0.15, 0.2) is 72.9 Å². The van der Waals surface area contributed by atoms with E-state index in [0.717, 1.165) is 22.2 Å². The summed E-state index contributed by atoms with van der Waals surface area (Å²) >= 11 is 6.14. The van der Waals surface area contributed by atoms with E-state index in [1.165, 1.54) is 6.20 Å². The molecular formula is C35H33ClN14O3. The zero-order valence-electron chi connectivity index (χ0n) is 28.1. The first kappa shape index (κ1) is 34.8. The Labute approximate surface area is 307 Å². The van der Waals surface area contributed by atoms with Crippen molar-refractivity contribution in [1.82, 2.24) is 50.1 Å². The number of nitriles is 1. The van der Waals surface area contributed by atoms with Crippen molar-refractivity contribution in [2.75, 3.05) is 42.1 Å². The second-order valence-electron chi connectivity index (χ2n) is 12.3. The fourth-order valence-electron chi connectivity index (χ4n) is 5.87. The number of anilines is 4. The third-order valence-electron chi connectivity index (χ3n) is 8.55. The molecular weight excluding hydrogens is 700 g/mol. The molecule has 0 spiro atoms. The van der Waals surface area contributed by atoms with Gasteiger partial charge in [-0.3, -0.25) is 9.69 Å². The van der Waals surface area contributed by atoms with Crippen LogP contribution >= 0.6 is 11.6 Å². The molecule has 3 aromatic carbocycles. The fourth-order valence-corrected chi connectivity index (χ4v) is 6.05. The molecule has 0 saturated carbocycles. The van der Waals surface area contributed by atoms with Crippen LogP contribution in [0.1, 0.15) is 33.0 Å².